The molecule has 0 radical (unpaired) electrons. The number of anilines is 1. The van der Waals surface area contributed by atoms with Gasteiger partial charge in [-0.3, -0.25) is 9.59 Å². The van der Waals surface area contributed by atoms with Gasteiger partial charge in [-0.15, -0.1) is 0 Å². The van der Waals surface area contributed by atoms with Crippen molar-refractivity contribution in [2.24, 2.45) is 11.0 Å². The molecule has 0 saturated carbocycles. The maximum Gasteiger partial charge on any atom is 0.243 e. The van der Waals surface area contributed by atoms with Crippen molar-refractivity contribution in [3.8, 4) is 0 Å². The van der Waals surface area contributed by atoms with Crippen molar-refractivity contribution in [3.05, 3.63) is 29.8 Å². The molecule has 0 fully saturated rings. The van der Waals surface area contributed by atoms with Crippen molar-refractivity contribution in [1.29, 1.82) is 0 Å². The lowest BCUT2D eigenvalue weighted by Crippen LogP contribution is -2.36. The van der Waals surface area contributed by atoms with Gasteiger partial charge in [0.1, 0.15) is 0 Å². The fourth-order valence-electron chi connectivity index (χ4n) is 2.29. The Kier molecular flexibility index (Phi) is 5.38. The Balaban J connectivity index is 2.22. The van der Waals surface area contributed by atoms with Crippen molar-refractivity contribution < 1.29 is 9.59 Å². The molecule has 2 rings (SSSR count). The van der Waals surface area contributed by atoms with Crippen LogP contribution in [0.25, 0.3) is 0 Å². The standard InChI is InChI=1S/C15H19N3O2S/c1-11-9-14(20)18(7-2-8-21)17-15(11)12-3-5-13(6-4-12)16-10-19/h3-6,10-11,21H,2,7-9H2,1H3,(H,16,19). The van der Waals surface area contributed by atoms with Crippen LogP contribution < -0.4 is 5.32 Å². The van der Waals surface area contributed by atoms with Crippen LogP contribution in [0, 0.1) is 5.92 Å². The monoisotopic (exact) mass is 305 g/mol. The van der Waals surface area contributed by atoms with Crippen LogP contribution in [0.2, 0.25) is 0 Å². The third-order valence-electron chi connectivity index (χ3n) is 3.40. The molecule has 1 aromatic carbocycles. The number of hydrogen-bond acceptors (Lipinski definition) is 4. The van der Waals surface area contributed by atoms with E-state index in [1.165, 1.54) is 0 Å². The van der Waals surface area contributed by atoms with E-state index in [9.17, 15) is 9.59 Å². The summed E-state index contributed by atoms with van der Waals surface area (Å²) in [5.41, 5.74) is 2.62. The van der Waals surface area contributed by atoms with Gasteiger partial charge in [0.05, 0.1) is 5.71 Å². The molecule has 0 saturated heterocycles. The number of nitrogens with zero attached hydrogens (tertiary/aromatic N) is 2. The number of rotatable bonds is 6. The molecule has 1 heterocycles. The van der Waals surface area contributed by atoms with Gasteiger partial charge in [0.15, 0.2) is 0 Å². The van der Waals surface area contributed by atoms with Gasteiger partial charge in [-0.25, -0.2) is 5.01 Å². The van der Waals surface area contributed by atoms with Gasteiger partial charge in [-0.2, -0.15) is 17.7 Å². The Labute approximate surface area is 129 Å². The molecule has 112 valence electrons. The Morgan fingerprint density at radius 1 is 1.43 bits per heavy atom. The largest absolute Gasteiger partial charge is 0.329 e. The first-order chi connectivity index (χ1) is 10.2. The molecule has 1 aliphatic rings. The Morgan fingerprint density at radius 3 is 2.76 bits per heavy atom. The van der Waals surface area contributed by atoms with Crippen molar-refractivity contribution in [3.63, 3.8) is 0 Å². The van der Waals surface area contributed by atoms with Gasteiger partial charge in [-0.05, 0) is 29.9 Å². The van der Waals surface area contributed by atoms with E-state index in [2.05, 4.69) is 23.0 Å². The summed E-state index contributed by atoms with van der Waals surface area (Å²) in [5.74, 6) is 0.887. The summed E-state index contributed by atoms with van der Waals surface area (Å²) < 4.78 is 0. The highest BCUT2D eigenvalue weighted by Gasteiger charge is 2.26. The van der Waals surface area contributed by atoms with Crippen molar-refractivity contribution in [2.45, 2.75) is 19.8 Å². The molecule has 2 amide bonds. The van der Waals surface area contributed by atoms with Gasteiger partial charge in [-0.1, -0.05) is 19.1 Å². The van der Waals surface area contributed by atoms with Gasteiger partial charge in [0, 0.05) is 24.6 Å². The number of nitrogens with one attached hydrogen (secondary N) is 1. The number of benzene rings is 1. The highest BCUT2D eigenvalue weighted by atomic mass is 32.1. The zero-order chi connectivity index (χ0) is 15.2. The van der Waals surface area contributed by atoms with Crippen LogP contribution in [0.15, 0.2) is 29.4 Å². The van der Waals surface area contributed by atoms with Crippen molar-refractivity contribution in [2.75, 3.05) is 17.6 Å². The zero-order valence-corrected chi connectivity index (χ0v) is 12.8. The summed E-state index contributed by atoms with van der Waals surface area (Å²) in [6.45, 7) is 2.60. The highest BCUT2D eigenvalue weighted by Crippen LogP contribution is 2.22. The first-order valence-electron chi connectivity index (χ1n) is 6.96. The molecule has 0 spiro atoms. The summed E-state index contributed by atoms with van der Waals surface area (Å²) in [6, 6.07) is 7.47. The number of hydrogen-bond donors (Lipinski definition) is 2. The topological polar surface area (TPSA) is 61.8 Å². The van der Waals surface area contributed by atoms with E-state index in [1.807, 2.05) is 31.2 Å². The quantitative estimate of drug-likeness (QED) is 0.625. The lowest BCUT2D eigenvalue weighted by Gasteiger charge is -2.27. The number of carbonyl (C=O) groups excluding carboxylic acids is 2. The first-order valence-corrected chi connectivity index (χ1v) is 7.59. The number of amides is 2. The summed E-state index contributed by atoms with van der Waals surface area (Å²) in [7, 11) is 0. The SMILES string of the molecule is CC1CC(=O)N(CCCS)N=C1c1ccc(NC=O)cc1. The van der Waals surface area contributed by atoms with E-state index in [0.29, 0.717) is 19.4 Å². The van der Waals surface area contributed by atoms with Crippen molar-refractivity contribution in [1.82, 2.24) is 5.01 Å². The lowest BCUT2D eigenvalue weighted by atomic mass is 9.93. The van der Waals surface area contributed by atoms with Crippen LogP contribution in [0.1, 0.15) is 25.3 Å². The molecule has 1 N–H and O–H groups in total. The second kappa shape index (κ2) is 7.26. The molecule has 1 aliphatic heterocycles. The minimum Gasteiger partial charge on any atom is -0.329 e. The Hall–Kier alpha value is -1.82. The van der Waals surface area contributed by atoms with Crippen LogP contribution in [-0.4, -0.2) is 35.3 Å². The molecule has 0 aromatic heterocycles. The maximum atomic E-state index is 12.0. The fourth-order valence-corrected chi connectivity index (χ4v) is 2.43. The molecular formula is C15H19N3O2S. The molecule has 0 bridgehead atoms. The summed E-state index contributed by atoms with van der Waals surface area (Å²) in [6.07, 6.45) is 1.94. The molecule has 1 aromatic rings. The van der Waals surface area contributed by atoms with Crippen LogP contribution in [0.3, 0.4) is 0 Å². The molecule has 6 heteroatoms. The zero-order valence-electron chi connectivity index (χ0n) is 12.0. The van der Waals surface area contributed by atoms with E-state index in [0.717, 1.165) is 29.1 Å². The normalized spacial score (nSPS) is 18.4. The smallest absolute Gasteiger partial charge is 0.243 e. The first kappa shape index (κ1) is 15.6. The van der Waals surface area contributed by atoms with Crippen LogP contribution >= 0.6 is 12.6 Å². The van der Waals surface area contributed by atoms with E-state index in [-0.39, 0.29) is 11.8 Å². The predicted octanol–water partition coefficient (Wildman–Crippen LogP) is 2.15. The number of carbonyl (C=O) groups is 2. The highest BCUT2D eigenvalue weighted by molar-refractivity contribution is 7.80. The van der Waals surface area contributed by atoms with Gasteiger partial charge < -0.3 is 5.32 Å². The molecule has 1 unspecified atom stereocenters. The molecule has 21 heavy (non-hydrogen) atoms. The molecular weight excluding hydrogens is 286 g/mol. The van der Waals surface area contributed by atoms with Crippen LogP contribution in [0.4, 0.5) is 5.69 Å². The van der Waals surface area contributed by atoms with Gasteiger partial charge >= 0.3 is 0 Å². The molecule has 1 atom stereocenters. The van der Waals surface area contributed by atoms with E-state index in [4.69, 9.17) is 0 Å². The van der Waals surface area contributed by atoms with Crippen molar-refractivity contribution >= 4 is 36.3 Å². The lowest BCUT2D eigenvalue weighted by molar-refractivity contribution is -0.132. The third kappa shape index (κ3) is 3.85. The average Bonchev–Trinajstić information content (AvgIpc) is 2.48. The third-order valence-corrected chi connectivity index (χ3v) is 3.71. The van der Waals surface area contributed by atoms with E-state index in [1.54, 1.807) is 5.01 Å². The predicted molar refractivity (Wildman–Crippen MR) is 86.6 cm³/mol. The van der Waals surface area contributed by atoms with E-state index >= 15 is 0 Å². The van der Waals surface area contributed by atoms with Gasteiger partial charge in [0.2, 0.25) is 12.3 Å². The minimum atomic E-state index is 0.0623. The fraction of sp³-hybridized carbons (Fsp3) is 0.400. The van der Waals surface area contributed by atoms with E-state index < -0.39 is 0 Å². The number of thiol groups is 1. The summed E-state index contributed by atoms with van der Waals surface area (Å²) >= 11 is 4.17. The summed E-state index contributed by atoms with van der Waals surface area (Å²) in [4.78, 5) is 22.4. The molecule has 5 nitrogen and oxygen atoms in total. The molecule has 0 aliphatic carbocycles. The summed E-state index contributed by atoms with van der Waals surface area (Å²) in [5, 5.41) is 8.65. The maximum absolute atomic E-state index is 12.0. The second-order valence-electron chi connectivity index (χ2n) is 5.02. The minimum absolute atomic E-state index is 0.0623. The van der Waals surface area contributed by atoms with Crippen LogP contribution in [-0.2, 0) is 9.59 Å². The Bertz CT molecular complexity index is 542. The average molecular weight is 305 g/mol. The van der Waals surface area contributed by atoms with Crippen LogP contribution in [0.5, 0.6) is 0 Å². The Morgan fingerprint density at radius 2 is 2.14 bits per heavy atom. The van der Waals surface area contributed by atoms with Gasteiger partial charge in [0.25, 0.3) is 0 Å². The number of hydrazone groups is 1. The second-order valence-corrected chi connectivity index (χ2v) is 5.47.